The topological polar surface area (TPSA) is 76.3 Å². The van der Waals surface area contributed by atoms with Gasteiger partial charge in [-0.3, -0.25) is 0 Å². The zero-order valence-electron chi connectivity index (χ0n) is 10.8. The number of aliphatic hydroxyl groups excluding tert-OH is 2. The summed E-state index contributed by atoms with van der Waals surface area (Å²) in [7, 11) is 0. The number of rotatable bonds is 6. The molecular weight excluding hydrogens is 228 g/mol. The summed E-state index contributed by atoms with van der Waals surface area (Å²) in [5.74, 6) is 0.199. The van der Waals surface area contributed by atoms with Crippen LogP contribution in [0.1, 0.15) is 31.1 Å². The molecule has 4 heteroatoms. The van der Waals surface area contributed by atoms with Crippen molar-refractivity contribution < 1.29 is 10.2 Å². The smallest absolute Gasteiger partial charge is 0.0991 e. The summed E-state index contributed by atoms with van der Waals surface area (Å²) >= 11 is 0. The van der Waals surface area contributed by atoms with E-state index in [4.69, 9.17) is 5.26 Å². The second kappa shape index (κ2) is 7.12. The highest BCUT2D eigenvalue weighted by Crippen LogP contribution is 2.12. The lowest BCUT2D eigenvalue weighted by Gasteiger charge is -2.17. The van der Waals surface area contributed by atoms with Crippen LogP contribution in [0.5, 0.6) is 0 Å². The minimum absolute atomic E-state index is 0.199. The number of benzene rings is 1. The van der Waals surface area contributed by atoms with Crippen LogP contribution in [0.2, 0.25) is 0 Å². The van der Waals surface area contributed by atoms with Gasteiger partial charge in [-0.25, -0.2) is 0 Å². The first kappa shape index (κ1) is 14.7. The van der Waals surface area contributed by atoms with Crippen molar-refractivity contribution in [2.75, 3.05) is 13.1 Å². The van der Waals surface area contributed by atoms with E-state index in [1.54, 1.807) is 24.3 Å². The summed E-state index contributed by atoms with van der Waals surface area (Å²) in [5.41, 5.74) is 1.34. The summed E-state index contributed by atoms with van der Waals surface area (Å²) in [6, 6.07) is 8.88. The highest BCUT2D eigenvalue weighted by atomic mass is 16.3. The number of aliphatic hydroxyl groups is 2. The van der Waals surface area contributed by atoms with E-state index in [2.05, 4.69) is 5.32 Å². The molecule has 0 aromatic heterocycles. The van der Waals surface area contributed by atoms with E-state index >= 15 is 0 Å². The quantitative estimate of drug-likeness (QED) is 0.707. The van der Waals surface area contributed by atoms with E-state index in [9.17, 15) is 10.2 Å². The largest absolute Gasteiger partial charge is 0.392 e. The van der Waals surface area contributed by atoms with Crippen molar-refractivity contribution in [1.82, 2.24) is 5.32 Å². The first-order chi connectivity index (χ1) is 8.54. The fourth-order valence-corrected chi connectivity index (χ4v) is 1.50. The standard InChI is InChI=1S/C14H20N2O2/c1-10(2)13(17)8-16-9-14(18)12-5-3-11(7-15)4-6-12/h3-6,10,13-14,16-18H,8-9H2,1-2H3. The molecule has 0 saturated heterocycles. The Bertz CT molecular complexity index is 395. The van der Waals surface area contributed by atoms with E-state index in [1.165, 1.54) is 0 Å². The molecule has 0 amide bonds. The van der Waals surface area contributed by atoms with Crippen LogP contribution in [0.15, 0.2) is 24.3 Å². The van der Waals surface area contributed by atoms with Gasteiger partial charge in [-0.15, -0.1) is 0 Å². The fraction of sp³-hybridized carbons (Fsp3) is 0.500. The molecule has 0 spiro atoms. The Balaban J connectivity index is 2.40. The molecule has 0 aliphatic rings. The molecule has 2 atom stereocenters. The second-order valence-electron chi connectivity index (χ2n) is 4.72. The minimum atomic E-state index is -0.628. The Morgan fingerprint density at radius 2 is 1.78 bits per heavy atom. The maximum Gasteiger partial charge on any atom is 0.0991 e. The van der Waals surface area contributed by atoms with Gasteiger partial charge in [-0.1, -0.05) is 26.0 Å². The van der Waals surface area contributed by atoms with Gasteiger partial charge in [0.15, 0.2) is 0 Å². The lowest BCUT2D eigenvalue weighted by Crippen LogP contribution is -2.33. The maximum absolute atomic E-state index is 9.91. The molecule has 3 N–H and O–H groups in total. The molecule has 98 valence electrons. The van der Waals surface area contributed by atoms with Gasteiger partial charge in [0.25, 0.3) is 0 Å². The molecule has 1 rings (SSSR count). The number of hydrogen-bond acceptors (Lipinski definition) is 4. The summed E-state index contributed by atoms with van der Waals surface area (Å²) in [6.45, 7) is 4.74. The third-order valence-electron chi connectivity index (χ3n) is 2.89. The van der Waals surface area contributed by atoms with E-state index in [1.807, 2.05) is 19.9 Å². The Labute approximate surface area is 108 Å². The molecule has 18 heavy (non-hydrogen) atoms. The molecule has 0 aliphatic carbocycles. The van der Waals surface area contributed by atoms with Gasteiger partial charge >= 0.3 is 0 Å². The summed E-state index contributed by atoms with van der Waals surface area (Å²) in [5, 5.41) is 31.2. The summed E-state index contributed by atoms with van der Waals surface area (Å²) < 4.78 is 0. The maximum atomic E-state index is 9.91. The summed E-state index contributed by atoms with van der Waals surface area (Å²) in [4.78, 5) is 0. The molecule has 0 heterocycles. The summed E-state index contributed by atoms with van der Waals surface area (Å²) in [6.07, 6.45) is -1.03. The van der Waals surface area contributed by atoms with Crippen LogP contribution in [-0.2, 0) is 0 Å². The molecule has 0 bridgehead atoms. The van der Waals surface area contributed by atoms with Crippen LogP contribution in [0.4, 0.5) is 0 Å². The Morgan fingerprint density at radius 1 is 1.17 bits per heavy atom. The molecule has 4 nitrogen and oxygen atoms in total. The van der Waals surface area contributed by atoms with Crippen LogP contribution in [0.25, 0.3) is 0 Å². The fourth-order valence-electron chi connectivity index (χ4n) is 1.50. The first-order valence-corrected chi connectivity index (χ1v) is 6.11. The van der Waals surface area contributed by atoms with Crippen molar-refractivity contribution in [3.63, 3.8) is 0 Å². The van der Waals surface area contributed by atoms with Gasteiger partial charge in [0, 0.05) is 13.1 Å². The van der Waals surface area contributed by atoms with Crippen molar-refractivity contribution >= 4 is 0 Å². The number of nitrogens with one attached hydrogen (secondary N) is 1. The predicted octanol–water partition coefficient (Wildman–Crippen LogP) is 1.20. The Morgan fingerprint density at radius 3 is 2.28 bits per heavy atom. The number of nitriles is 1. The molecule has 1 aromatic rings. The van der Waals surface area contributed by atoms with E-state index < -0.39 is 12.2 Å². The average Bonchev–Trinajstić information content (AvgIpc) is 2.38. The lowest BCUT2D eigenvalue weighted by molar-refractivity contribution is 0.113. The van der Waals surface area contributed by atoms with Gasteiger partial charge < -0.3 is 15.5 Å². The van der Waals surface area contributed by atoms with Crippen LogP contribution in [0, 0.1) is 17.2 Å². The normalized spacial score (nSPS) is 14.2. The van der Waals surface area contributed by atoms with Gasteiger partial charge in [-0.2, -0.15) is 5.26 Å². The van der Waals surface area contributed by atoms with Crippen LogP contribution in [-0.4, -0.2) is 29.4 Å². The van der Waals surface area contributed by atoms with E-state index in [-0.39, 0.29) is 5.92 Å². The second-order valence-corrected chi connectivity index (χ2v) is 4.72. The highest BCUT2D eigenvalue weighted by molar-refractivity contribution is 5.32. The van der Waals surface area contributed by atoms with Gasteiger partial charge in [-0.05, 0) is 23.6 Å². The molecule has 1 aromatic carbocycles. The molecule has 0 saturated carbocycles. The van der Waals surface area contributed by atoms with Crippen molar-refractivity contribution in [3.8, 4) is 6.07 Å². The van der Waals surface area contributed by atoms with Gasteiger partial charge in [0.2, 0.25) is 0 Å². The number of hydrogen-bond donors (Lipinski definition) is 3. The predicted molar refractivity (Wildman–Crippen MR) is 69.8 cm³/mol. The zero-order valence-corrected chi connectivity index (χ0v) is 10.8. The first-order valence-electron chi connectivity index (χ1n) is 6.11. The average molecular weight is 248 g/mol. The van der Waals surface area contributed by atoms with E-state index in [0.29, 0.717) is 18.7 Å². The van der Waals surface area contributed by atoms with Gasteiger partial charge in [0.05, 0.1) is 23.8 Å². The Hall–Kier alpha value is -1.41. The molecule has 0 aliphatic heterocycles. The van der Waals surface area contributed by atoms with Crippen molar-refractivity contribution in [3.05, 3.63) is 35.4 Å². The number of nitrogens with zero attached hydrogens (tertiary/aromatic N) is 1. The minimum Gasteiger partial charge on any atom is -0.392 e. The SMILES string of the molecule is CC(C)C(O)CNCC(O)c1ccc(C#N)cc1. The Kier molecular flexibility index (Phi) is 5.79. The molecule has 0 fully saturated rings. The zero-order chi connectivity index (χ0) is 13.5. The lowest BCUT2D eigenvalue weighted by atomic mass is 10.1. The van der Waals surface area contributed by atoms with E-state index in [0.717, 1.165) is 5.56 Å². The van der Waals surface area contributed by atoms with Crippen LogP contribution >= 0.6 is 0 Å². The third-order valence-corrected chi connectivity index (χ3v) is 2.89. The molecule has 0 radical (unpaired) electrons. The van der Waals surface area contributed by atoms with Crippen molar-refractivity contribution in [2.24, 2.45) is 5.92 Å². The molecular formula is C14H20N2O2. The van der Waals surface area contributed by atoms with Crippen LogP contribution in [0.3, 0.4) is 0 Å². The van der Waals surface area contributed by atoms with Crippen LogP contribution < -0.4 is 5.32 Å². The van der Waals surface area contributed by atoms with Gasteiger partial charge in [0.1, 0.15) is 0 Å². The molecule has 2 unspecified atom stereocenters. The van der Waals surface area contributed by atoms with Crippen molar-refractivity contribution in [1.29, 1.82) is 5.26 Å². The third kappa shape index (κ3) is 4.46. The monoisotopic (exact) mass is 248 g/mol. The van der Waals surface area contributed by atoms with Crippen molar-refractivity contribution in [2.45, 2.75) is 26.1 Å². The highest BCUT2D eigenvalue weighted by Gasteiger charge is 2.11.